The molecule has 112 valence electrons. The van der Waals surface area contributed by atoms with Crippen LogP contribution in [0, 0.1) is 5.92 Å². The van der Waals surface area contributed by atoms with Crippen LogP contribution < -0.4 is 5.32 Å². The molecule has 3 atom stereocenters. The molecule has 1 saturated heterocycles. The van der Waals surface area contributed by atoms with Gasteiger partial charge in [-0.15, -0.1) is 0 Å². The van der Waals surface area contributed by atoms with Crippen LogP contribution in [0.2, 0.25) is 0 Å². The molecule has 2 rings (SSSR count). The van der Waals surface area contributed by atoms with Crippen molar-refractivity contribution < 1.29 is 5.11 Å². The lowest BCUT2D eigenvalue weighted by molar-refractivity contribution is 0.147. The molecule has 1 aliphatic carbocycles. The van der Waals surface area contributed by atoms with Crippen LogP contribution in [0.4, 0.5) is 0 Å². The Morgan fingerprint density at radius 2 is 2.00 bits per heavy atom. The van der Waals surface area contributed by atoms with E-state index in [-0.39, 0.29) is 12.1 Å². The summed E-state index contributed by atoms with van der Waals surface area (Å²) in [6, 6.07) is 1.33. The monoisotopic (exact) mass is 269 g/mol. The number of likely N-dealkylation sites (N-methyl/N-ethyl adjacent to an activating group) is 1. The van der Waals surface area contributed by atoms with E-state index in [1.807, 2.05) is 0 Å². The number of hydrogen-bond donors (Lipinski definition) is 2. The fourth-order valence-corrected chi connectivity index (χ4v) is 3.23. The summed E-state index contributed by atoms with van der Waals surface area (Å²) >= 11 is 0. The van der Waals surface area contributed by atoms with Gasteiger partial charge >= 0.3 is 0 Å². The highest BCUT2D eigenvalue weighted by Crippen LogP contribution is 2.25. The molecule has 0 aromatic carbocycles. The number of nitrogens with zero attached hydrogens (tertiary/aromatic N) is 2. The lowest BCUT2D eigenvalue weighted by Gasteiger charge is -2.31. The molecule has 0 amide bonds. The van der Waals surface area contributed by atoms with Crippen molar-refractivity contribution in [2.75, 3.05) is 40.3 Å². The Bertz CT molecular complexity index is 293. The average molecular weight is 269 g/mol. The van der Waals surface area contributed by atoms with Crippen molar-refractivity contribution in [1.82, 2.24) is 15.1 Å². The predicted octanol–water partition coefficient (Wildman–Crippen LogP) is 0.761. The van der Waals surface area contributed by atoms with E-state index in [2.05, 4.69) is 43.1 Å². The van der Waals surface area contributed by atoms with Gasteiger partial charge in [-0.3, -0.25) is 0 Å². The van der Waals surface area contributed by atoms with E-state index in [1.165, 1.54) is 25.9 Å². The summed E-state index contributed by atoms with van der Waals surface area (Å²) in [7, 11) is 4.36. The van der Waals surface area contributed by atoms with E-state index in [0.29, 0.717) is 12.1 Å². The number of aliphatic hydroxyl groups is 1. The van der Waals surface area contributed by atoms with Gasteiger partial charge in [-0.2, -0.15) is 0 Å². The minimum absolute atomic E-state index is 0.0966. The second-order valence-electron chi connectivity index (χ2n) is 7.16. The quantitative estimate of drug-likeness (QED) is 0.716. The van der Waals surface area contributed by atoms with Gasteiger partial charge in [0.15, 0.2) is 0 Å². The zero-order valence-electron chi connectivity index (χ0n) is 13.0. The summed E-state index contributed by atoms with van der Waals surface area (Å²) in [6.45, 7) is 8.19. The third-order valence-electron chi connectivity index (χ3n) is 4.77. The number of aliphatic hydroxyl groups excluding tert-OH is 1. The van der Waals surface area contributed by atoms with Crippen LogP contribution in [0.3, 0.4) is 0 Å². The van der Waals surface area contributed by atoms with Crippen molar-refractivity contribution in [3.63, 3.8) is 0 Å². The smallest absolute Gasteiger partial charge is 0.0611 e. The average Bonchev–Trinajstić information content (AvgIpc) is 3.07. The fraction of sp³-hybridized carbons (Fsp3) is 1.00. The van der Waals surface area contributed by atoms with Crippen LogP contribution in [0.25, 0.3) is 0 Å². The standard InChI is InChI=1S/C15H31N3O/c1-12-9-18(10-14(12)17(3)4)8-7-15(2,11-19)16-13-5-6-13/h12-14,16,19H,5-11H2,1-4H3. The van der Waals surface area contributed by atoms with Crippen molar-refractivity contribution in [1.29, 1.82) is 0 Å². The maximum Gasteiger partial charge on any atom is 0.0611 e. The van der Waals surface area contributed by atoms with Crippen LogP contribution in [0.1, 0.15) is 33.1 Å². The van der Waals surface area contributed by atoms with Gasteiger partial charge in [-0.1, -0.05) is 6.92 Å². The van der Waals surface area contributed by atoms with Gasteiger partial charge in [0.2, 0.25) is 0 Å². The number of nitrogens with one attached hydrogen (secondary N) is 1. The highest BCUT2D eigenvalue weighted by molar-refractivity contribution is 4.94. The molecule has 4 heteroatoms. The first-order chi connectivity index (χ1) is 8.93. The second kappa shape index (κ2) is 6.08. The molecule has 4 nitrogen and oxygen atoms in total. The first kappa shape index (κ1) is 15.2. The van der Waals surface area contributed by atoms with Gasteiger partial charge in [-0.05, 0) is 46.2 Å². The second-order valence-corrected chi connectivity index (χ2v) is 7.16. The molecule has 1 aliphatic heterocycles. The maximum absolute atomic E-state index is 9.64. The Morgan fingerprint density at radius 1 is 1.32 bits per heavy atom. The molecular weight excluding hydrogens is 238 g/mol. The predicted molar refractivity (Wildman–Crippen MR) is 79.3 cm³/mol. The summed E-state index contributed by atoms with van der Waals surface area (Å²) in [6.07, 6.45) is 3.59. The van der Waals surface area contributed by atoms with E-state index in [4.69, 9.17) is 0 Å². The van der Waals surface area contributed by atoms with Crippen LogP contribution in [-0.2, 0) is 0 Å². The minimum atomic E-state index is -0.0966. The molecule has 0 aromatic rings. The number of likely N-dealkylation sites (tertiary alicyclic amines) is 1. The lowest BCUT2D eigenvalue weighted by atomic mass is 9.98. The van der Waals surface area contributed by atoms with E-state index in [0.717, 1.165) is 18.9 Å². The van der Waals surface area contributed by atoms with Gasteiger partial charge in [0.1, 0.15) is 0 Å². The Hall–Kier alpha value is -0.160. The zero-order valence-corrected chi connectivity index (χ0v) is 13.0. The Balaban J connectivity index is 1.78. The molecule has 2 aliphatic rings. The maximum atomic E-state index is 9.64. The third-order valence-corrected chi connectivity index (χ3v) is 4.77. The SMILES string of the molecule is CC1CN(CCC(C)(CO)NC2CC2)CC1N(C)C. The topological polar surface area (TPSA) is 38.7 Å². The van der Waals surface area contributed by atoms with Crippen molar-refractivity contribution in [3.05, 3.63) is 0 Å². The van der Waals surface area contributed by atoms with Gasteiger partial charge < -0.3 is 20.2 Å². The van der Waals surface area contributed by atoms with Crippen molar-refractivity contribution in [3.8, 4) is 0 Å². The summed E-state index contributed by atoms with van der Waals surface area (Å²) in [5, 5.41) is 13.2. The van der Waals surface area contributed by atoms with Crippen molar-refractivity contribution in [2.24, 2.45) is 5.92 Å². The molecule has 0 aromatic heterocycles. The molecule has 0 bridgehead atoms. The summed E-state index contributed by atoms with van der Waals surface area (Å²) in [5.74, 6) is 0.742. The summed E-state index contributed by atoms with van der Waals surface area (Å²) in [4.78, 5) is 4.90. The normalized spacial score (nSPS) is 31.9. The summed E-state index contributed by atoms with van der Waals surface area (Å²) in [5.41, 5.74) is -0.0966. The minimum Gasteiger partial charge on any atom is -0.394 e. The Kier molecular flexibility index (Phi) is 4.88. The highest BCUT2D eigenvalue weighted by atomic mass is 16.3. The largest absolute Gasteiger partial charge is 0.394 e. The summed E-state index contributed by atoms with van der Waals surface area (Å²) < 4.78 is 0. The molecule has 0 radical (unpaired) electrons. The van der Waals surface area contributed by atoms with E-state index in [9.17, 15) is 5.11 Å². The highest BCUT2D eigenvalue weighted by Gasteiger charge is 2.35. The van der Waals surface area contributed by atoms with Gasteiger partial charge in [-0.25, -0.2) is 0 Å². The molecular formula is C15H31N3O. The zero-order chi connectivity index (χ0) is 14.0. The molecule has 2 fully saturated rings. The van der Waals surface area contributed by atoms with E-state index < -0.39 is 0 Å². The van der Waals surface area contributed by atoms with E-state index >= 15 is 0 Å². The number of hydrogen-bond acceptors (Lipinski definition) is 4. The van der Waals surface area contributed by atoms with Crippen LogP contribution in [0.5, 0.6) is 0 Å². The fourth-order valence-electron chi connectivity index (χ4n) is 3.23. The molecule has 19 heavy (non-hydrogen) atoms. The van der Waals surface area contributed by atoms with Gasteiger partial charge in [0.05, 0.1) is 6.61 Å². The van der Waals surface area contributed by atoms with Crippen LogP contribution in [-0.4, -0.2) is 72.9 Å². The molecule has 2 N–H and O–H groups in total. The molecule has 1 saturated carbocycles. The number of rotatable bonds is 7. The Morgan fingerprint density at radius 3 is 2.47 bits per heavy atom. The lowest BCUT2D eigenvalue weighted by Crippen LogP contribution is -2.49. The molecule has 1 heterocycles. The first-order valence-corrected chi connectivity index (χ1v) is 7.71. The van der Waals surface area contributed by atoms with Crippen molar-refractivity contribution >= 4 is 0 Å². The molecule has 3 unspecified atom stereocenters. The van der Waals surface area contributed by atoms with Crippen LogP contribution >= 0.6 is 0 Å². The third kappa shape index (κ3) is 4.15. The van der Waals surface area contributed by atoms with Crippen molar-refractivity contribution in [2.45, 2.75) is 50.7 Å². The van der Waals surface area contributed by atoms with Gasteiger partial charge in [0, 0.05) is 37.3 Å². The van der Waals surface area contributed by atoms with Crippen LogP contribution in [0.15, 0.2) is 0 Å². The Labute approximate surface area is 118 Å². The molecule has 0 spiro atoms. The van der Waals surface area contributed by atoms with E-state index in [1.54, 1.807) is 0 Å². The first-order valence-electron chi connectivity index (χ1n) is 7.71. The van der Waals surface area contributed by atoms with Gasteiger partial charge in [0.25, 0.3) is 0 Å².